The van der Waals surface area contributed by atoms with E-state index in [0.717, 1.165) is 9.79 Å². The molecule has 3 rings (SSSR count). The van der Waals surface area contributed by atoms with Crippen molar-refractivity contribution in [2.75, 3.05) is 5.32 Å². The highest BCUT2D eigenvalue weighted by Crippen LogP contribution is 2.33. The van der Waals surface area contributed by atoms with E-state index >= 15 is 0 Å². The molecule has 0 aliphatic heterocycles. The minimum absolute atomic E-state index is 0.0562. The number of nitrogens with one attached hydrogen (secondary N) is 2. The fraction of sp³-hybridized carbons (Fsp3) is 0.0476. The van der Waals surface area contributed by atoms with Crippen LogP contribution in [0.4, 0.5) is 10.1 Å². The molecular weight excluding hydrogens is 363 g/mol. The Balaban J connectivity index is 1.63. The van der Waals surface area contributed by atoms with Gasteiger partial charge in [0, 0.05) is 21.9 Å². The zero-order valence-electron chi connectivity index (χ0n) is 14.3. The maximum absolute atomic E-state index is 13.6. The van der Waals surface area contributed by atoms with Crippen LogP contribution in [0, 0.1) is 5.82 Å². The number of anilines is 1. The second kappa shape index (κ2) is 9.00. The molecule has 2 N–H and O–H groups in total. The van der Waals surface area contributed by atoms with Gasteiger partial charge in [-0.2, -0.15) is 0 Å². The number of amides is 2. The molecule has 0 fully saturated rings. The number of carbonyl (C=O) groups is 2. The van der Waals surface area contributed by atoms with Crippen LogP contribution in [0.3, 0.4) is 0 Å². The predicted octanol–water partition coefficient (Wildman–Crippen LogP) is 4.23. The third-order valence-electron chi connectivity index (χ3n) is 3.71. The average molecular weight is 380 g/mol. The average Bonchev–Trinajstić information content (AvgIpc) is 2.69. The zero-order chi connectivity index (χ0) is 19.1. The van der Waals surface area contributed by atoms with E-state index in [-0.39, 0.29) is 6.54 Å². The van der Waals surface area contributed by atoms with Crippen molar-refractivity contribution in [2.45, 2.75) is 16.3 Å². The topological polar surface area (TPSA) is 58.2 Å². The number of para-hydroxylation sites is 1. The molecule has 0 saturated carbocycles. The van der Waals surface area contributed by atoms with E-state index in [9.17, 15) is 14.0 Å². The minimum Gasteiger partial charge on any atom is -0.344 e. The number of hydrogen-bond donors (Lipinski definition) is 2. The Kier molecular flexibility index (Phi) is 6.22. The molecular formula is C21H17FN2O2S. The third-order valence-corrected chi connectivity index (χ3v) is 4.79. The van der Waals surface area contributed by atoms with Gasteiger partial charge in [-0.3, -0.25) is 9.59 Å². The first-order valence-electron chi connectivity index (χ1n) is 8.28. The number of rotatable bonds is 5. The summed E-state index contributed by atoms with van der Waals surface area (Å²) in [4.78, 5) is 26.1. The standard InChI is InChI=1S/C21H17FN2O2S/c22-17-11-5-4-8-15(17)14-23-20(25)21(26)24-18-12-6-7-13-19(18)27-16-9-2-1-3-10-16/h1-13H,14H2,(H,23,25)(H,24,26). The second-order valence-corrected chi connectivity index (χ2v) is 6.75. The van der Waals surface area contributed by atoms with Gasteiger partial charge in [-0.05, 0) is 30.3 Å². The number of benzene rings is 3. The highest BCUT2D eigenvalue weighted by molar-refractivity contribution is 7.99. The Morgan fingerprint density at radius 3 is 2.26 bits per heavy atom. The molecule has 0 aromatic heterocycles. The SMILES string of the molecule is O=C(NCc1ccccc1F)C(=O)Nc1ccccc1Sc1ccccc1. The third kappa shape index (κ3) is 5.18. The van der Waals surface area contributed by atoms with Crippen molar-refractivity contribution in [3.63, 3.8) is 0 Å². The molecule has 6 heteroatoms. The summed E-state index contributed by atoms with van der Waals surface area (Å²) in [6.07, 6.45) is 0. The fourth-order valence-corrected chi connectivity index (χ4v) is 3.27. The van der Waals surface area contributed by atoms with Crippen LogP contribution in [0.2, 0.25) is 0 Å². The van der Waals surface area contributed by atoms with Gasteiger partial charge in [0.1, 0.15) is 5.82 Å². The van der Waals surface area contributed by atoms with Crippen LogP contribution in [0.1, 0.15) is 5.56 Å². The van der Waals surface area contributed by atoms with Crippen molar-refractivity contribution in [3.8, 4) is 0 Å². The van der Waals surface area contributed by atoms with Gasteiger partial charge in [0.2, 0.25) is 0 Å². The van der Waals surface area contributed by atoms with Crippen LogP contribution in [0.5, 0.6) is 0 Å². The quantitative estimate of drug-likeness (QED) is 0.651. The van der Waals surface area contributed by atoms with Crippen molar-refractivity contribution in [1.82, 2.24) is 5.32 Å². The molecule has 3 aromatic carbocycles. The number of hydrogen-bond acceptors (Lipinski definition) is 3. The maximum Gasteiger partial charge on any atom is 0.313 e. The molecule has 0 bridgehead atoms. The minimum atomic E-state index is -0.822. The van der Waals surface area contributed by atoms with Crippen LogP contribution in [-0.2, 0) is 16.1 Å². The molecule has 2 amide bonds. The highest BCUT2D eigenvalue weighted by atomic mass is 32.2. The molecule has 0 atom stereocenters. The van der Waals surface area contributed by atoms with Crippen LogP contribution in [-0.4, -0.2) is 11.8 Å². The van der Waals surface area contributed by atoms with E-state index < -0.39 is 17.6 Å². The van der Waals surface area contributed by atoms with Gasteiger partial charge in [0.25, 0.3) is 0 Å². The van der Waals surface area contributed by atoms with Gasteiger partial charge in [-0.15, -0.1) is 0 Å². The lowest BCUT2D eigenvalue weighted by atomic mass is 10.2. The molecule has 0 unspecified atom stereocenters. The Morgan fingerprint density at radius 2 is 1.48 bits per heavy atom. The molecule has 0 aliphatic carbocycles. The first-order valence-corrected chi connectivity index (χ1v) is 9.09. The summed E-state index contributed by atoms with van der Waals surface area (Å²) in [5.74, 6) is -2.05. The second-order valence-electron chi connectivity index (χ2n) is 5.64. The Hall–Kier alpha value is -3.12. The van der Waals surface area contributed by atoms with E-state index in [1.54, 1.807) is 30.3 Å². The Labute approximate surface area is 160 Å². The fourth-order valence-electron chi connectivity index (χ4n) is 2.35. The van der Waals surface area contributed by atoms with Crippen LogP contribution >= 0.6 is 11.8 Å². The monoisotopic (exact) mass is 380 g/mol. The summed E-state index contributed by atoms with van der Waals surface area (Å²) < 4.78 is 13.6. The zero-order valence-corrected chi connectivity index (χ0v) is 15.1. The number of halogens is 1. The lowest BCUT2D eigenvalue weighted by molar-refractivity contribution is -0.136. The molecule has 0 spiro atoms. The van der Waals surface area contributed by atoms with Crippen LogP contribution in [0.25, 0.3) is 0 Å². The Bertz CT molecular complexity index is 948. The highest BCUT2D eigenvalue weighted by Gasteiger charge is 2.16. The lowest BCUT2D eigenvalue weighted by Gasteiger charge is -2.11. The predicted molar refractivity (Wildman–Crippen MR) is 104 cm³/mol. The normalized spacial score (nSPS) is 10.3. The largest absolute Gasteiger partial charge is 0.344 e. The number of carbonyl (C=O) groups excluding carboxylic acids is 2. The lowest BCUT2D eigenvalue weighted by Crippen LogP contribution is -2.35. The van der Waals surface area contributed by atoms with Crippen molar-refractivity contribution < 1.29 is 14.0 Å². The Morgan fingerprint density at radius 1 is 0.815 bits per heavy atom. The van der Waals surface area contributed by atoms with Gasteiger partial charge in [0.15, 0.2) is 0 Å². The molecule has 0 heterocycles. The van der Waals surface area contributed by atoms with Crippen molar-refractivity contribution in [1.29, 1.82) is 0 Å². The van der Waals surface area contributed by atoms with Gasteiger partial charge in [-0.1, -0.05) is 60.3 Å². The summed E-state index contributed by atoms with van der Waals surface area (Å²) >= 11 is 1.48. The molecule has 3 aromatic rings. The van der Waals surface area contributed by atoms with E-state index in [0.29, 0.717) is 11.3 Å². The van der Waals surface area contributed by atoms with Crippen molar-refractivity contribution in [2.24, 2.45) is 0 Å². The smallest absolute Gasteiger partial charge is 0.313 e. The summed E-state index contributed by atoms with van der Waals surface area (Å²) in [6.45, 7) is -0.0562. The van der Waals surface area contributed by atoms with Gasteiger partial charge in [0.05, 0.1) is 5.69 Å². The van der Waals surface area contributed by atoms with Crippen molar-refractivity contribution >= 4 is 29.3 Å². The molecule has 27 heavy (non-hydrogen) atoms. The molecule has 0 saturated heterocycles. The van der Waals surface area contributed by atoms with E-state index in [4.69, 9.17) is 0 Å². The van der Waals surface area contributed by atoms with Crippen LogP contribution in [0.15, 0.2) is 88.7 Å². The van der Waals surface area contributed by atoms with Gasteiger partial charge < -0.3 is 10.6 Å². The van der Waals surface area contributed by atoms with E-state index in [2.05, 4.69) is 10.6 Å². The summed E-state index contributed by atoms with van der Waals surface area (Å²) in [7, 11) is 0. The van der Waals surface area contributed by atoms with E-state index in [1.807, 2.05) is 42.5 Å². The molecule has 0 radical (unpaired) electrons. The van der Waals surface area contributed by atoms with Gasteiger partial charge >= 0.3 is 11.8 Å². The van der Waals surface area contributed by atoms with Gasteiger partial charge in [-0.25, -0.2) is 4.39 Å². The maximum atomic E-state index is 13.6. The van der Waals surface area contributed by atoms with Crippen LogP contribution < -0.4 is 10.6 Å². The van der Waals surface area contributed by atoms with E-state index in [1.165, 1.54) is 17.8 Å². The molecule has 0 aliphatic rings. The first-order chi connectivity index (χ1) is 13.1. The summed E-state index contributed by atoms with van der Waals surface area (Å²) in [5, 5.41) is 5.05. The summed E-state index contributed by atoms with van der Waals surface area (Å²) in [6, 6.07) is 23.0. The first kappa shape index (κ1) is 18.7. The van der Waals surface area contributed by atoms with Crippen molar-refractivity contribution in [3.05, 3.63) is 90.2 Å². The summed E-state index contributed by atoms with van der Waals surface area (Å²) in [5.41, 5.74) is 0.857. The molecule has 4 nitrogen and oxygen atoms in total. The molecule has 136 valence electrons.